The highest BCUT2D eigenvalue weighted by Crippen LogP contribution is 2.26. The van der Waals surface area contributed by atoms with Crippen molar-refractivity contribution in [3.8, 4) is 0 Å². The summed E-state index contributed by atoms with van der Waals surface area (Å²) >= 11 is 3.28. The van der Waals surface area contributed by atoms with Crippen LogP contribution in [-0.4, -0.2) is 6.54 Å². The first-order valence-corrected chi connectivity index (χ1v) is 4.54. The molecule has 0 aromatic heterocycles. The first-order chi connectivity index (χ1) is 5.65. The Hall–Kier alpha value is -0.410. The normalized spacial score (nSPS) is 13.0. The van der Waals surface area contributed by atoms with Crippen molar-refractivity contribution in [1.82, 2.24) is 0 Å². The van der Waals surface area contributed by atoms with Crippen molar-refractivity contribution < 1.29 is 4.39 Å². The van der Waals surface area contributed by atoms with Crippen LogP contribution < -0.4 is 5.73 Å². The van der Waals surface area contributed by atoms with Gasteiger partial charge < -0.3 is 5.73 Å². The van der Waals surface area contributed by atoms with Gasteiger partial charge in [-0.2, -0.15) is 0 Å². The summed E-state index contributed by atoms with van der Waals surface area (Å²) in [6.07, 6.45) is -1.07. The summed E-state index contributed by atoms with van der Waals surface area (Å²) in [6.45, 7) is 1.96. The largest absolute Gasteiger partial charge is 0.327 e. The number of rotatable bonds is 2. The van der Waals surface area contributed by atoms with Gasteiger partial charge >= 0.3 is 0 Å². The van der Waals surface area contributed by atoms with Crippen molar-refractivity contribution in [3.05, 3.63) is 33.8 Å². The van der Waals surface area contributed by atoms with Crippen molar-refractivity contribution in [2.24, 2.45) is 5.73 Å². The molecule has 1 nitrogen and oxygen atoms in total. The van der Waals surface area contributed by atoms with Crippen LogP contribution in [0.4, 0.5) is 4.39 Å². The van der Waals surface area contributed by atoms with Gasteiger partial charge in [-0.25, -0.2) is 4.39 Å². The second kappa shape index (κ2) is 4.01. The Morgan fingerprint density at radius 3 is 2.83 bits per heavy atom. The van der Waals surface area contributed by atoms with Crippen molar-refractivity contribution >= 4 is 15.9 Å². The Bertz CT molecular complexity index is 275. The standard InChI is InChI=1S/C9H11BrFN/c1-6-2-3-8(10)7(4-6)9(11)5-12/h2-4,9H,5,12H2,1H3. The molecule has 1 unspecified atom stereocenters. The van der Waals surface area contributed by atoms with Gasteiger partial charge in [-0.1, -0.05) is 33.6 Å². The molecule has 0 saturated heterocycles. The number of hydrogen-bond donors (Lipinski definition) is 1. The van der Waals surface area contributed by atoms with Crippen LogP contribution in [0.15, 0.2) is 22.7 Å². The van der Waals surface area contributed by atoms with E-state index in [0.717, 1.165) is 10.0 Å². The van der Waals surface area contributed by atoms with Gasteiger partial charge in [0.15, 0.2) is 0 Å². The van der Waals surface area contributed by atoms with Gasteiger partial charge in [0.05, 0.1) is 0 Å². The summed E-state index contributed by atoms with van der Waals surface area (Å²) < 4.78 is 13.9. The van der Waals surface area contributed by atoms with E-state index in [4.69, 9.17) is 5.73 Å². The molecule has 2 N–H and O–H groups in total. The second-order valence-electron chi connectivity index (χ2n) is 2.73. The predicted octanol–water partition coefficient (Wildman–Crippen LogP) is 2.73. The fraction of sp³-hybridized carbons (Fsp3) is 0.333. The van der Waals surface area contributed by atoms with Gasteiger partial charge in [-0.05, 0) is 13.0 Å². The van der Waals surface area contributed by atoms with Crippen LogP contribution in [-0.2, 0) is 0 Å². The highest BCUT2D eigenvalue weighted by atomic mass is 79.9. The number of halogens is 2. The van der Waals surface area contributed by atoms with Gasteiger partial charge in [-0.15, -0.1) is 0 Å². The molecule has 0 radical (unpaired) electrons. The van der Waals surface area contributed by atoms with E-state index in [-0.39, 0.29) is 6.54 Å². The van der Waals surface area contributed by atoms with Crippen LogP contribution in [0.5, 0.6) is 0 Å². The van der Waals surface area contributed by atoms with Crippen molar-refractivity contribution in [3.63, 3.8) is 0 Å². The Morgan fingerprint density at radius 1 is 1.58 bits per heavy atom. The average Bonchev–Trinajstić information content (AvgIpc) is 2.08. The van der Waals surface area contributed by atoms with Gasteiger partial charge in [0, 0.05) is 16.6 Å². The van der Waals surface area contributed by atoms with E-state index >= 15 is 0 Å². The lowest BCUT2D eigenvalue weighted by Crippen LogP contribution is -2.08. The second-order valence-corrected chi connectivity index (χ2v) is 3.58. The summed E-state index contributed by atoms with van der Waals surface area (Å²) in [6, 6.07) is 5.57. The molecular formula is C9H11BrFN. The minimum Gasteiger partial charge on any atom is -0.327 e. The van der Waals surface area contributed by atoms with Gasteiger partial charge in [-0.3, -0.25) is 0 Å². The SMILES string of the molecule is Cc1ccc(Br)c(C(F)CN)c1. The van der Waals surface area contributed by atoms with E-state index in [1.807, 2.05) is 25.1 Å². The molecule has 0 aliphatic heterocycles. The molecule has 3 heteroatoms. The molecule has 1 atom stereocenters. The van der Waals surface area contributed by atoms with Gasteiger partial charge in [0.1, 0.15) is 6.17 Å². The third-order valence-corrected chi connectivity index (χ3v) is 2.42. The summed E-state index contributed by atoms with van der Waals surface area (Å²) in [7, 11) is 0. The van der Waals surface area contributed by atoms with E-state index in [2.05, 4.69) is 15.9 Å². The minimum absolute atomic E-state index is 0.0298. The van der Waals surface area contributed by atoms with E-state index in [1.54, 1.807) is 0 Å². The van der Waals surface area contributed by atoms with E-state index in [9.17, 15) is 4.39 Å². The fourth-order valence-electron chi connectivity index (χ4n) is 1.03. The van der Waals surface area contributed by atoms with Crippen molar-refractivity contribution in [2.45, 2.75) is 13.1 Å². The quantitative estimate of drug-likeness (QED) is 0.833. The molecule has 0 bridgehead atoms. The summed E-state index contributed by atoms with van der Waals surface area (Å²) in [4.78, 5) is 0. The zero-order valence-corrected chi connectivity index (χ0v) is 8.44. The lowest BCUT2D eigenvalue weighted by Gasteiger charge is -2.08. The van der Waals surface area contributed by atoms with Crippen LogP contribution in [0.2, 0.25) is 0 Å². The lowest BCUT2D eigenvalue weighted by molar-refractivity contribution is 0.351. The molecule has 0 fully saturated rings. The minimum atomic E-state index is -1.07. The van der Waals surface area contributed by atoms with Crippen molar-refractivity contribution in [1.29, 1.82) is 0 Å². The van der Waals surface area contributed by atoms with Gasteiger partial charge in [0.25, 0.3) is 0 Å². The Labute approximate surface area is 79.9 Å². The van der Waals surface area contributed by atoms with E-state index in [1.165, 1.54) is 0 Å². The first kappa shape index (κ1) is 9.68. The molecule has 1 aromatic rings. The smallest absolute Gasteiger partial charge is 0.138 e. The Kier molecular flexibility index (Phi) is 3.23. The van der Waals surface area contributed by atoms with Crippen molar-refractivity contribution in [2.75, 3.05) is 6.54 Å². The van der Waals surface area contributed by atoms with Crippen LogP contribution in [0.25, 0.3) is 0 Å². The molecule has 0 aliphatic rings. The van der Waals surface area contributed by atoms with E-state index in [0.29, 0.717) is 5.56 Å². The molecule has 1 aromatic carbocycles. The van der Waals surface area contributed by atoms with Crippen LogP contribution >= 0.6 is 15.9 Å². The Morgan fingerprint density at radius 2 is 2.25 bits per heavy atom. The third kappa shape index (κ3) is 2.05. The zero-order valence-electron chi connectivity index (χ0n) is 6.85. The lowest BCUT2D eigenvalue weighted by atomic mass is 10.1. The third-order valence-electron chi connectivity index (χ3n) is 1.70. The molecule has 0 spiro atoms. The molecule has 0 aliphatic carbocycles. The zero-order chi connectivity index (χ0) is 9.14. The average molecular weight is 232 g/mol. The molecular weight excluding hydrogens is 221 g/mol. The monoisotopic (exact) mass is 231 g/mol. The van der Waals surface area contributed by atoms with Crippen LogP contribution in [0.1, 0.15) is 17.3 Å². The maximum Gasteiger partial charge on any atom is 0.138 e. The summed E-state index contributed by atoms with van der Waals surface area (Å²) in [5.74, 6) is 0. The maximum atomic E-state index is 13.2. The molecule has 0 amide bonds. The number of alkyl halides is 1. The van der Waals surface area contributed by atoms with Gasteiger partial charge in [0.2, 0.25) is 0 Å². The number of aryl methyl sites for hydroxylation is 1. The molecule has 66 valence electrons. The van der Waals surface area contributed by atoms with Crippen LogP contribution in [0.3, 0.4) is 0 Å². The predicted molar refractivity (Wildman–Crippen MR) is 51.8 cm³/mol. The Balaban J connectivity index is 3.04. The number of hydrogen-bond acceptors (Lipinski definition) is 1. The highest BCUT2D eigenvalue weighted by molar-refractivity contribution is 9.10. The molecule has 12 heavy (non-hydrogen) atoms. The molecule has 1 rings (SSSR count). The summed E-state index contributed by atoms with van der Waals surface area (Å²) in [5.41, 5.74) is 6.91. The van der Waals surface area contributed by atoms with E-state index < -0.39 is 6.17 Å². The summed E-state index contributed by atoms with van der Waals surface area (Å²) in [5, 5.41) is 0. The first-order valence-electron chi connectivity index (χ1n) is 3.75. The number of nitrogens with two attached hydrogens (primary N) is 1. The highest BCUT2D eigenvalue weighted by Gasteiger charge is 2.10. The molecule has 0 saturated carbocycles. The fourth-order valence-corrected chi connectivity index (χ4v) is 1.53. The maximum absolute atomic E-state index is 13.2. The topological polar surface area (TPSA) is 26.0 Å². The number of benzene rings is 1. The molecule has 0 heterocycles. The van der Waals surface area contributed by atoms with Crippen LogP contribution in [0, 0.1) is 6.92 Å².